The number of halogens is 1. The van der Waals surface area contributed by atoms with Gasteiger partial charge in [-0.3, -0.25) is 14.6 Å². The normalized spacial score (nSPS) is 10.4. The summed E-state index contributed by atoms with van der Waals surface area (Å²) in [7, 11) is 0. The van der Waals surface area contributed by atoms with Crippen molar-refractivity contribution < 1.29 is 14.0 Å². The third kappa shape index (κ3) is 5.25. The predicted octanol–water partition coefficient (Wildman–Crippen LogP) is 4.06. The summed E-state index contributed by atoms with van der Waals surface area (Å²) in [5.41, 5.74) is 3.98. The molecule has 0 aliphatic heterocycles. The number of nitrogens with one attached hydrogen (secondary N) is 2. The Morgan fingerprint density at radius 3 is 2.38 bits per heavy atom. The van der Waals surface area contributed by atoms with Crippen molar-refractivity contribution in [3.63, 3.8) is 0 Å². The lowest BCUT2D eigenvalue weighted by atomic mass is 10.1. The van der Waals surface area contributed by atoms with Crippen LogP contribution in [0.4, 0.5) is 10.1 Å². The third-order valence-corrected chi connectivity index (χ3v) is 4.67. The number of benzene rings is 2. The molecule has 0 fully saturated rings. The number of hydrogen-bond donors (Lipinski definition) is 2. The van der Waals surface area contributed by atoms with Crippen molar-refractivity contribution in [2.75, 3.05) is 11.9 Å². The van der Waals surface area contributed by atoms with Crippen molar-refractivity contribution in [3.8, 4) is 0 Å². The summed E-state index contributed by atoms with van der Waals surface area (Å²) in [5.74, 6) is -1.01. The number of carbonyl (C=O) groups is 2. The van der Waals surface area contributed by atoms with E-state index in [0.29, 0.717) is 17.7 Å². The maximum atomic E-state index is 13.6. The SMILES string of the molecule is Cc1ccc(NC(=O)c2cncc(C(=O)NCCc3ccccc3F)c2)cc1C. The Morgan fingerprint density at radius 1 is 0.931 bits per heavy atom. The molecule has 2 amide bonds. The molecule has 0 aliphatic carbocycles. The molecule has 0 unspecified atom stereocenters. The largest absolute Gasteiger partial charge is 0.352 e. The Morgan fingerprint density at radius 2 is 1.66 bits per heavy atom. The molecule has 0 bridgehead atoms. The summed E-state index contributed by atoms with van der Waals surface area (Å²) in [6.07, 6.45) is 3.18. The number of aryl methyl sites for hydroxylation is 2. The maximum Gasteiger partial charge on any atom is 0.257 e. The standard InChI is InChI=1S/C23H22FN3O2/c1-15-7-8-20(11-16(15)2)27-23(29)19-12-18(13-25-14-19)22(28)26-10-9-17-5-3-4-6-21(17)24/h3-8,11-14H,9-10H2,1-2H3,(H,26,28)(H,27,29). The Kier molecular flexibility index (Phi) is 6.34. The average Bonchev–Trinajstić information content (AvgIpc) is 2.72. The van der Waals surface area contributed by atoms with Crippen LogP contribution in [0.25, 0.3) is 0 Å². The number of carbonyl (C=O) groups excluding carboxylic acids is 2. The molecule has 0 aliphatic rings. The van der Waals surface area contributed by atoms with Crippen LogP contribution in [0.15, 0.2) is 60.9 Å². The van der Waals surface area contributed by atoms with Gasteiger partial charge in [0.1, 0.15) is 5.82 Å². The second-order valence-electron chi connectivity index (χ2n) is 6.81. The minimum Gasteiger partial charge on any atom is -0.352 e. The molecule has 0 saturated heterocycles. The van der Waals surface area contributed by atoms with E-state index in [1.54, 1.807) is 18.2 Å². The average molecular weight is 391 g/mol. The van der Waals surface area contributed by atoms with Crippen molar-refractivity contribution in [2.24, 2.45) is 0 Å². The minimum atomic E-state index is -0.366. The highest BCUT2D eigenvalue weighted by molar-refractivity contribution is 6.05. The molecule has 1 heterocycles. The van der Waals surface area contributed by atoms with E-state index in [4.69, 9.17) is 0 Å². The van der Waals surface area contributed by atoms with E-state index >= 15 is 0 Å². The molecule has 0 spiro atoms. The van der Waals surface area contributed by atoms with Crippen LogP contribution in [0, 0.1) is 19.7 Å². The predicted molar refractivity (Wildman–Crippen MR) is 111 cm³/mol. The van der Waals surface area contributed by atoms with E-state index in [1.807, 2.05) is 32.0 Å². The Balaban J connectivity index is 1.62. The second-order valence-corrected chi connectivity index (χ2v) is 6.81. The number of amides is 2. The molecule has 29 heavy (non-hydrogen) atoms. The van der Waals surface area contributed by atoms with Gasteiger partial charge in [-0.1, -0.05) is 24.3 Å². The minimum absolute atomic E-state index is 0.270. The first-order valence-electron chi connectivity index (χ1n) is 9.29. The first kappa shape index (κ1) is 20.2. The van der Waals surface area contributed by atoms with Crippen molar-refractivity contribution in [1.82, 2.24) is 10.3 Å². The number of hydrogen-bond acceptors (Lipinski definition) is 3. The highest BCUT2D eigenvalue weighted by Crippen LogP contribution is 2.15. The molecule has 0 radical (unpaired) electrons. The van der Waals surface area contributed by atoms with Crippen molar-refractivity contribution in [2.45, 2.75) is 20.3 Å². The fourth-order valence-corrected chi connectivity index (χ4v) is 2.82. The monoisotopic (exact) mass is 391 g/mol. The van der Waals surface area contributed by atoms with Crippen LogP contribution in [-0.4, -0.2) is 23.3 Å². The smallest absolute Gasteiger partial charge is 0.257 e. The molecule has 3 aromatic rings. The van der Waals surface area contributed by atoms with E-state index < -0.39 is 0 Å². The lowest BCUT2D eigenvalue weighted by molar-refractivity contribution is 0.0953. The lowest BCUT2D eigenvalue weighted by Crippen LogP contribution is -2.26. The van der Waals surface area contributed by atoms with Crippen molar-refractivity contribution in [3.05, 3.63) is 94.6 Å². The molecule has 1 aromatic heterocycles. The molecule has 0 saturated carbocycles. The molecular formula is C23H22FN3O2. The number of nitrogens with zero attached hydrogens (tertiary/aromatic N) is 1. The molecule has 5 nitrogen and oxygen atoms in total. The summed E-state index contributed by atoms with van der Waals surface area (Å²) in [4.78, 5) is 28.9. The van der Waals surface area contributed by atoms with E-state index in [9.17, 15) is 14.0 Å². The highest BCUT2D eigenvalue weighted by atomic mass is 19.1. The van der Waals surface area contributed by atoms with Gasteiger partial charge < -0.3 is 10.6 Å². The summed E-state index contributed by atoms with van der Waals surface area (Å²) in [5, 5.41) is 5.54. The van der Waals surface area contributed by atoms with Crippen LogP contribution in [0.1, 0.15) is 37.4 Å². The van der Waals surface area contributed by atoms with Gasteiger partial charge in [0.15, 0.2) is 0 Å². The van der Waals surface area contributed by atoms with Crippen LogP contribution in [0.3, 0.4) is 0 Å². The fraction of sp³-hybridized carbons (Fsp3) is 0.174. The zero-order chi connectivity index (χ0) is 20.8. The van der Waals surface area contributed by atoms with Crippen LogP contribution >= 0.6 is 0 Å². The first-order chi connectivity index (χ1) is 13.9. The van der Waals surface area contributed by atoms with Crippen molar-refractivity contribution in [1.29, 1.82) is 0 Å². The quantitative estimate of drug-likeness (QED) is 0.666. The fourth-order valence-electron chi connectivity index (χ4n) is 2.82. The Hall–Kier alpha value is -3.54. The second kappa shape index (κ2) is 9.10. The van der Waals surface area contributed by atoms with Gasteiger partial charge in [-0.25, -0.2) is 4.39 Å². The Labute approximate surface area is 169 Å². The number of pyridine rings is 1. The van der Waals surface area contributed by atoms with Gasteiger partial charge in [0.25, 0.3) is 11.8 Å². The van der Waals surface area contributed by atoms with Crippen LogP contribution in [0.5, 0.6) is 0 Å². The summed E-state index contributed by atoms with van der Waals surface area (Å²) in [6, 6.07) is 13.6. The van der Waals surface area contributed by atoms with Gasteiger partial charge in [-0.05, 0) is 61.2 Å². The molecule has 148 valence electrons. The van der Waals surface area contributed by atoms with Gasteiger partial charge in [0.2, 0.25) is 0 Å². The van der Waals surface area contributed by atoms with Crippen LogP contribution in [-0.2, 0) is 6.42 Å². The van der Waals surface area contributed by atoms with Gasteiger partial charge in [0, 0.05) is 24.6 Å². The van der Waals surface area contributed by atoms with Gasteiger partial charge in [-0.2, -0.15) is 0 Å². The molecule has 0 atom stereocenters. The third-order valence-electron chi connectivity index (χ3n) is 4.67. The highest BCUT2D eigenvalue weighted by Gasteiger charge is 2.12. The summed E-state index contributed by atoms with van der Waals surface area (Å²) < 4.78 is 13.6. The van der Waals surface area contributed by atoms with Crippen molar-refractivity contribution >= 4 is 17.5 Å². The van der Waals surface area contributed by atoms with Crippen LogP contribution in [0.2, 0.25) is 0 Å². The summed E-state index contributed by atoms with van der Waals surface area (Å²) >= 11 is 0. The summed E-state index contributed by atoms with van der Waals surface area (Å²) in [6.45, 7) is 4.25. The van der Waals surface area contributed by atoms with E-state index in [-0.39, 0.29) is 35.3 Å². The molecule has 6 heteroatoms. The van der Waals surface area contributed by atoms with Gasteiger partial charge in [-0.15, -0.1) is 0 Å². The zero-order valence-corrected chi connectivity index (χ0v) is 16.3. The lowest BCUT2D eigenvalue weighted by Gasteiger charge is -2.09. The zero-order valence-electron chi connectivity index (χ0n) is 16.3. The number of anilines is 1. The molecular weight excluding hydrogens is 369 g/mol. The Bertz CT molecular complexity index is 1050. The van der Waals surface area contributed by atoms with E-state index in [0.717, 1.165) is 11.1 Å². The maximum absolute atomic E-state index is 13.6. The van der Waals surface area contributed by atoms with Gasteiger partial charge in [0.05, 0.1) is 11.1 Å². The first-order valence-corrected chi connectivity index (χ1v) is 9.29. The number of rotatable bonds is 6. The van der Waals surface area contributed by atoms with Crippen LogP contribution < -0.4 is 10.6 Å². The molecule has 3 rings (SSSR count). The molecule has 2 N–H and O–H groups in total. The van der Waals surface area contributed by atoms with E-state index in [1.165, 1.54) is 24.5 Å². The van der Waals surface area contributed by atoms with E-state index in [2.05, 4.69) is 15.6 Å². The topological polar surface area (TPSA) is 71.1 Å². The molecule has 2 aromatic carbocycles. The van der Waals surface area contributed by atoms with Gasteiger partial charge >= 0.3 is 0 Å². The number of aromatic nitrogens is 1.